The molecule has 0 spiro atoms. The molecule has 1 saturated heterocycles. The first-order chi connectivity index (χ1) is 8.65. The number of nitrogens with zero attached hydrogens (tertiary/aromatic N) is 1. The van der Waals surface area contributed by atoms with E-state index in [1.165, 1.54) is 6.42 Å². The van der Waals surface area contributed by atoms with Gasteiger partial charge in [-0.2, -0.15) is 0 Å². The van der Waals surface area contributed by atoms with E-state index >= 15 is 0 Å². The highest BCUT2D eigenvalue weighted by atomic mass is 35.5. The van der Waals surface area contributed by atoms with Gasteiger partial charge in [0.1, 0.15) is 5.82 Å². The van der Waals surface area contributed by atoms with Crippen molar-refractivity contribution in [2.45, 2.75) is 25.4 Å². The highest BCUT2D eigenvalue weighted by Crippen LogP contribution is 2.37. The average molecular weight is 305 g/mol. The van der Waals surface area contributed by atoms with Crippen LogP contribution in [0, 0.1) is 17.7 Å². The van der Waals surface area contributed by atoms with E-state index in [1.54, 1.807) is 6.07 Å². The zero-order valence-corrected chi connectivity index (χ0v) is 12.3. The van der Waals surface area contributed by atoms with Gasteiger partial charge in [0, 0.05) is 31.2 Å². The summed E-state index contributed by atoms with van der Waals surface area (Å²) < 4.78 is 13.8. The molecular formula is C14H19Cl2FN2. The first-order valence-corrected chi connectivity index (χ1v) is 6.94. The van der Waals surface area contributed by atoms with Crippen LogP contribution in [0.2, 0.25) is 5.02 Å². The number of fused-ring (bicyclic) bond motifs is 1. The van der Waals surface area contributed by atoms with Crippen LogP contribution in [0.1, 0.15) is 18.4 Å². The van der Waals surface area contributed by atoms with E-state index in [1.807, 2.05) is 12.1 Å². The van der Waals surface area contributed by atoms with Crippen LogP contribution in [-0.2, 0) is 6.54 Å². The molecule has 2 nitrogen and oxygen atoms in total. The molecule has 106 valence electrons. The van der Waals surface area contributed by atoms with Crippen LogP contribution in [0.4, 0.5) is 4.39 Å². The van der Waals surface area contributed by atoms with Crippen molar-refractivity contribution in [2.24, 2.45) is 17.6 Å². The van der Waals surface area contributed by atoms with Gasteiger partial charge in [-0.05, 0) is 30.7 Å². The largest absolute Gasteiger partial charge is 0.327 e. The Kier molecular flexibility index (Phi) is 4.72. The number of nitrogens with two attached hydrogens (primary N) is 1. The van der Waals surface area contributed by atoms with E-state index in [9.17, 15) is 4.39 Å². The van der Waals surface area contributed by atoms with Crippen molar-refractivity contribution in [1.82, 2.24) is 4.90 Å². The Labute approximate surface area is 124 Å². The summed E-state index contributed by atoms with van der Waals surface area (Å²) in [5.41, 5.74) is 6.80. The number of hydrogen-bond acceptors (Lipinski definition) is 2. The van der Waals surface area contributed by atoms with Gasteiger partial charge in [-0.15, -0.1) is 12.4 Å². The molecule has 1 aliphatic heterocycles. The summed E-state index contributed by atoms with van der Waals surface area (Å²) in [5.74, 6) is 1.04. The van der Waals surface area contributed by atoms with Crippen LogP contribution >= 0.6 is 24.0 Å². The number of benzene rings is 1. The maximum absolute atomic E-state index is 13.8. The first kappa shape index (κ1) is 15.0. The lowest BCUT2D eigenvalue weighted by atomic mass is 9.98. The minimum Gasteiger partial charge on any atom is -0.327 e. The van der Waals surface area contributed by atoms with Crippen LogP contribution in [-0.4, -0.2) is 24.0 Å². The molecule has 3 unspecified atom stereocenters. The molecule has 1 aromatic carbocycles. The summed E-state index contributed by atoms with van der Waals surface area (Å²) in [5, 5.41) is 0.212. The molecule has 5 heteroatoms. The van der Waals surface area contributed by atoms with Crippen molar-refractivity contribution >= 4 is 24.0 Å². The number of halogens is 3. The fraction of sp³-hybridized carbons (Fsp3) is 0.571. The molecule has 0 aromatic heterocycles. The van der Waals surface area contributed by atoms with Gasteiger partial charge in [-0.25, -0.2) is 4.39 Å². The summed E-state index contributed by atoms with van der Waals surface area (Å²) in [7, 11) is 0. The molecule has 0 amide bonds. The van der Waals surface area contributed by atoms with E-state index < -0.39 is 0 Å². The summed E-state index contributed by atoms with van der Waals surface area (Å²) >= 11 is 5.80. The van der Waals surface area contributed by atoms with Gasteiger partial charge in [-0.3, -0.25) is 4.90 Å². The molecule has 19 heavy (non-hydrogen) atoms. The third-order valence-corrected chi connectivity index (χ3v) is 4.71. The molecule has 2 N–H and O–H groups in total. The smallest absolute Gasteiger partial charge is 0.146 e. The van der Waals surface area contributed by atoms with Gasteiger partial charge >= 0.3 is 0 Å². The molecule has 1 aliphatic carbocycles. The molecule has 2 fully saturated rings. The van der Waals surface area contributed by atoms with Crippen LogP contribution < -0.4 is 5.73 Å². The van der Waals surface area contributed by atoms with E-state index in [-0.39, 0.29) is 23.2 Å². The molecule has 1 heterocycles. The van der Waals surface area contributed by atoms with Crippen molar-refractivity contribution in [1.29, 1.82) is 0 Å². The summed E-state index contributed by atoms with van der Waals surface area (Å²) in [4.78, 5) is 2.31. The van der Waals surface area contributed by atoms with Crippen molar-refractivity contribution in [3.8, 4) is 0 Å². The zero-order chi connectivity index (χ0) is 12.7. The standard InChI is InChI=1S/C14H18ClFN2.ClH/c15-12-3-1-2-10(14(12)16)7-18-6-9-4-5-13(17)11(9)8-18;/h1-3,9,11,13H,4-8,17H2;1H. The summed E-state index contributed by atoms with van der Waals surface area (Å²) in [6, 6.07) is 5.55. The summed E-state index contributed by atoms with van der Waals surface area (Å²) in [6.07, 6.45) is 2.37. The monoisotopic (exact) mass is 304 g/mol. The second-order valence-electron chi connectivity index (χ2n) is 5.57. The van der Waals surface area contributed by atoms with Gasteiger partial charge < -0.3 is 5.73 Å². The molecule has 0 radical (unpaired) electrons. The van der Waals surface area contributed by atoms with Gasteiger partial charge in [0.2, 0.25) is 0 Å². The third-order valence-electron chi connectivity index (χ3n) is 4.41. The molecule has 3 rings (SSSR count). The van der Waals surface area contributed by atoms with E-state index in [0.717, 1.165) is 19.5 Å². The average Bonchev–Trinajstić information content (AvgIpc) is 2.88. The maximum Gasteiger partial charge on any atom is 0.146 e. The van der Waals surface area contributed by atoms with Crippen LogP contribution in [0.25, 0.3) is 0 Å². The maximum atomic E-state index is 13.8. The van der Waals surface area contributed by atoms with Crippen LogP contribution in [0.15, 0.2) is 18.2 Å². The van der Waals surface area contributed by atoms with Gasteiger partial charge in [-0.1, -0.05) is 23.7 Å². The Morgan fingerprint density at radius 2 is 2.11 bits per heavy atom. The Morgan fingerprint density at radius 3 is 2.84 bits per heavy atom. The second kappa shape index (κ2) is 5.96. The Balaban J connectivity index is 0.00000133. The van der Waals surface area contributed by atoms with Crippen LogP contribution in [0.3, 0.4) is 0 Å². The summed E-state index contributed by atoms with van der Waals surface area (Å²) in [6.45, 7) is 2.69. The van der Waals surface area contributed by atoms with Crippen molar-refractivity contribution in [3.05, 3.63) is 34.6 Å². The lowest BCUT2D eigenvalue weighted by Gasteiger charge is -2.18. The lowest BCUT2D eigenvalue weighted by molar-refractivity contribution is 0.294. The van der Waals surface area contributed by atoms with Gasteiger partial charge in [0.05, 0.1) is 5.02 Å². The van der Waals surface area contributed by atoms with Crippen molar-refractivity contribution in [3.63, 3.8) is 0 Å². The number of hydrogen-bond donors (Lipinski definition) is 1. The minimum atomic E-state index is -0.277. The Hall–Kier alpha value is -0.350. The Bertz CT molecular complexity index is 455. The Morgan fingerprint density at radius 1 is 1.32 bits per heavy atom. The molecular weight excluding hydrogens is 286 g/mol. The normalized spacial score (nSPS) is 30.2. The SMILES string of the molecule is Cl.NC1CCC2CN(Cc3cccc(Cl)c3F)CC12. The fourth-order valence-corrected chi connectivity index (χ4v) is 3.63. The topological polar surface area (TPSA) is 29.3 Å². The number of rotatable bonds is 2. The van der Waals surface area contributed by atoms with E-state index in [2.05, 4.69) is 4.90 Å². The predicted molar refractivity (Wildman–Crippen MR) is 78.1 cm³/mol. The number of likely N-dealkylation sites (tertiary alicyclic amines) is 1. The predicted octanol–water partition coefficient (Wildman–Crippen LogP) is 3.07. The molecule has 0 bridgehead atoms. The van der Waals surface area contributed by atoms with Gasteiger partial charge in [0.15, 0.2) is 0 Å². The highest BCUT2D eigenvalue weighted by molar-refractivity contribution is 6.30. The van der Waals surface area contributed by atoms with Crippen molar-refractivity contribution < 1.29 is 4.39 Å². The minimum absolute atomic E-state index is 0. The van der Waals surface area contributed by atoms with Crippen LogP contribution in [0.5, 0.6) is 0 Å². The van der Waals surface area contributed by atoms with Crippen molar-refractivity contribution in [2.75, 3.05) is 13.1 Å². The third kappa shape index (κ3) is 2.89. The van der Waals surface area contributed by atoms with E-state index in [0.29, 0.717) is 30.0 Å². The van der Waals surface area contributed by atoms with E-state index in [4.69, 9.17) is 17.3 Å². The molecule has 1 saturated carbocycles. The quantitative estimate of drug-likeness (QED) is 0.910. The van der Waals surface area contributed by atoms with Gasteiger partial charge in [0.25, 0.3) is 0 Å². The second-order valence-corrected chi connectivity index (χ2v) is 5.98. The lowest BCUT2D eigenvalue weighted by Crippen LogP contribution is -2.30. The highest BCUT2D eigenvalue weighted by Gasteiger charge is 2.40. The first-order valence-electron chi connectivity index (χ1n) is 6.56. The molecule has 3 atom stereocenters. The molecule has 2 aliphatic rings. The zero-order valence-electron chi connectivity index (χ0n) is 10.7. The fourth-order valence-electron chi connectivity index (χ4n) is 3.44. The molecule has 1 aromatic rings.